The molecule has 16 heavy (non-hydrogen) atoms. The molecule has 0 saturated carbocycles. The van der Waals surface area contributed by atoms with Gasteiger partial charge in [0.25, 0.3) is 0 Å². The number of nitrogens with zero attached hydrogens (tertiary/aromatic N) is 2. The van der Waals surface area contributed by atoms with Gasteiger partial charge in [-0.25, -0.2) is 9.78 Å². The summed E-state index contributed by atoms with van der Waals surface area (Å²) in [4.78, 5) is 15.3. The highest BCUT2D eigenvalue weighted by Crippen LogP contribution is 2.24. The van der Waals surface area contributed by atoms with Crippen molar-refractivity contribution >= 4 is 17.4 Å². The van der Waals surface area contributed by atoms with E-state index in [0.717, 1.165) is 5.69 Å². The monoisotopic (exact) mass is 219 g/mol. The minimum absolute atomic E-state index is 0.168. The first-order chi connectivity index (χ1) is 7.52. The molecule has 3 N–H and O–H groups in total. The zero-order valence-corrected chi connectivity index (χ0v) is 9.14. The molecule has 5 heteroatoms. The fourth-order valence-corrected chi connectivity index (χ4v) is 1.70. The summed E-state index contributed by atoms with van der Waals surface area (Å²) < 4.78 is 1.61. The lowest BCUT2D eigenvalue weighted by molar-refractivity contribution is 0.0698. The number of hydrogen-bond acceptors (Lipinski definition) is 3. The number of imidazole rings is 1. The van der Waals surface area contributed by atoms with Crippen LogP contribution in [0, 0.1) is 0 Å². The van der Waals surface area contributed by atoms with Gasteiger partial charge in [-0.05, 0) is 18.1 Å². The van der Waals surface area contributed by atoms with E-state index in [1.165, 1.54) is 6.07 Å². The Morgan fingerprint density at radius 2 is 2.25 bits per heavy atom. The van der Waals surface area contributed by atoms with Crippen molar-refractivity contribution in [1.29, 1.82) is 0 Å². The van der Waals surface area contributed by atoms with E-state index in [2.05, 4.69) is 4.98 Å². The maximum Gasteiger partial charge on any atom is 0.339 e. The van der Waals surface area contributed by atoms with Gasteiger partial charge in [-0.3, -0.25) is 4.40 Å². The van der Waals surface area contributed by atoms with Crippen LogP contribution in [0.1, 0.15) is 35.8 Å². The van der Waals surface area contributed by atoms with Gasteiger partial charge in [-0.1, -0.05) is 13.8 Å². The highest BCUT2D eigenvalue weighted by Gasteiger charge is 2.17. The Morgan fingerprint density at radius 1 is 1.56 bits per heavy atom. The summed E-state index contributed by atoms with van der Waals surface area (Å²) in [5.74, 6) is -0.319. The Kier molecular flexibility index (Phi) is 2.30. The number of nitrogens with two attached hydrogens (primary N) is 1. The number of anilines is 1. The van der Waals surface area contributed by atoms with Crippen molar-refractivity contribution in [2.75, 3.05) is 5.73 Å². The van der Waals surface area contributed by atoms with E-state index in [1.54, 1.807) is 16.7 Å². The highest BCUT2D eigenvalue weighted by atomic mass is 16.4. The first kappa shape index (κ1) is 10.5. The molecule has 0 amide bonds. The standard InChI is InChI=1S/C11H13N3O2/c1-6(2)8-9(12)14-5-3-4-7(11(15)16)10(14)13-8/h3-6H,12H2,1-2H3,(H,15,16). The lowest BCUT2D eigenvalue weighted by Crippen LogP contribution is -2.01. The number of aromatic carboxylic acids is 1. The molecule has 2 aromatic heterocycles. The molecular weight excluding hydrogens is 206 g/mol. The topological polar surface area (TPSA) is 80.6 Å². The molecule has 0 spiro atoms. The first-order valence-corrected chi connectivity index (χ1v) is 5.02. The fourth-order valence-electron chi connectivity index (χ4n) is 1.70. The Bertz CT molecular complexity index is 558. The molecule has 0 unspecified atom stereocenters. The van der Waals surface area contributed by atoms with E-state index in [1.807, 2.05) is 13.8 Å². The van der Waals surface area contributed by atoms with Crippen molar-refractivity contribution in [3.05, 3.63) is 29.6 Å². The van der Waals surface area contributed by atoms with Crippen LogP contribution in [0.25, 0.3) is 5.65 Å². The molecule has 0 atom stereocenters. The Morgan fingerprint density at radius 3 is 2.81 bits per heavy atom. The third kappa shape index (κ3) is 1.41. The Balaban J connectivity index is 2.80. The van der Waals surface area contributed by atoms with Crippen LogP contribution >= 0.6 is 0 Å². The number of fused-ring (bicyclic) bond motifs is 1. The smallest absolute Gasteiger partial charge is 0.339 e. The van der Waals surface area contributed by atoms with Crippen LogP contribution in [0.3, 0.4) is 0 Å². The maximum atomic E-state index is 11.0. The number of nitrogen functional groups attached to an aromatic ring is 1. The van der Waals surface area contributed by atoms with Gasteiger partial charge in [-0.2, -0.15) is 0 Å². The van der Waals surface area contributed by atoms with Gasteiger partial charge >= 0.3 is 5.97 Å². The lowest BCUT2D eigenvalue weighted by Gasteiger charge is -2.00. The molecule has 0 aliphatic rings. The largest absolute Gasteiger partial charge is 0.478 e. The second kappa shape index (κ2) is 3.52. The van der Waals surface area contributed by atoms with Crippen LogP contribution in [0.2, 0.25) is 0 Å². The SMILES string of the molecule is CC(C)c1nc2c(C(=O)O)cccn2c1N. The minimum atomic E-state index is -0.995. The summed E-state index contributed by atoms with van der Waals surface area (Å²) >= 11 is 0. The molecule has 0 bridgehead atoms. The summed E-state index contributed by atoms with van der Waals surface area (Å²) in [6.07, 6.45) is 1.72. The maximum absolute atomic E-state index is 11.0. The average Bonchev–Trinajstić information content (AvgIpc) is 2.56. The van der Waals surface area contributed by atoms with Gasteiger partial charge in [-0.15, -0.1) is 0 Å². The van der Waals surface area contributed by atoms with E-state index in [0.29, 0.717) is 11.5 Å². The molecule has 0 aliphatic carbocycles. The molecule has 2 rings (SSSR count). The van der Waals surface area contributed by atoms with Gasteiger partial charge < -0.3 is 10.8 Å². The summed E-state index contributed by atoms with van der Waals surface area (Å²) in [5, 5.41) is 9.03. The number of hydrogen-bond donors (Lipinski definition) is 2. The van der Waals surface area contributed by atoms with E-state index in [-0.39, 0.29) is 11.5 Å². The van der Waals surface area contributed by atoms with Gasteiger partial charge in [0.1, 0.15) is 11.4 Å². The molecular formula is C11H13N3O2. The molecule has 0 saturated heterocycles. The van der Waals surface area contributed by atoms with Gasteiger partial charge in [0.15, 0.2) is 5.65 Å². The molecule has 5 nitrogen and oxygen atoms in total. The van der Waals surface area contributed by atoms with Gasteiger partial charge in [0.2, 0.25) is 0 Å². The lowest BCUT2D eigenvalue weighted by atomic mass is 10.1. The fraction of sp³-hybridized carbons (Fsp3) is 0.273. The normalized spacial score (nSPS) is 11.2. The molecule has 84 valence electrons. The molecule has 2 aromatic rings. The van der Waals surface area contributed by atoms with Crippen molar-refractivity contribution in [1.82, 2.24) is 9.38 Å². The second-order valence-corrected chi connectivity index (χ2v) is 3.96. The number of carbonyl (C=O) groups is 1. The number of pyridine rings is 1. The number of aromatic nitrogens is 2. The van der Waals surface area contributed by atoms with Gasteiger partial charge in [0.05, 0.1) is 5.69 Å². The molecule has 0 aliphatic heterocycles. The molecule has 0 aromatic carbocycles. The van der Waals surface area contributed by atoms with Crippen LogP contribution in [0.4, 0.5) is 5.82 Å². The predicted octanol–water partition coefficient (Wildman–Crippen LogP) is 1.74. The van der Waals surface area contributed by atoms with Gasteiger partial charge in [0, 0.05) is 6.20 Å². The quantitative estimate of drug-likeness (QED) is 0.806. The summed E-state index contributed by atoms with van der Waals surface area (Å²) in [6, 6.07) is 3.17. The van der Waals surface area contributed by atoms with E-state index in [4.69, 9.17) is 10.8 Å². The minimum Gasteiger partial charge on any atom is -0.478 e. The Hall–Kier alpha value is -2.04. The number of carboxylic acids is 1. The summed E-state index contributed by atoms with van der Waals surface area (Å²) in [6.45, 7) is 3.94. The zero-order chi connectivity index (χ0) is 11.9. The predicted molar refractivity (Wildman–Crippen MR) is 60.7 cm³/mol. The van der Waals surface area contributed by atoms with Crippen molar-refractivity contribution in [3.8, 4) is 0 Å². The van der Waals surface area contributed by atoms with Crippen LogP contribution in [-0.2, 0) is 0 Å². The van der Waals surface area contributed by atoms with Crippen molar-refractivity contribution in [2.45, 2.75) is 19.8 Å². The zero-order valence-electron chi connectivity index (χ0n) is 9.14. The average molecular weight is 219 g/mol. The first-order valence-electron chi connectivity index (χ1n) is 5.02. The van der Waals surface area contributed by atoms with Crippen molar-refractivity contribution in [2.24, 2.45) is 0 Å². The third-order valence-corrected chi connectivity index (χ3v) is 2.49. The van der Waals surface area contributed by atoms with E-state index < -0.39 is 5.97 Å². The van der Waals surface area contributed by atoms with E-state index in [9.17, 15) is 4.79 Å². The number of carboxylic acid groups (broad SMARTS) is 1. The third-order valence-electron chi connectivity index (χ3n) is 2.49. The molecule has 2 heterocycles. The van der Waals surface area contributed by atoms with Crippen LogP contribution < -0.4 is 5.73 Å². The van der Waals surface area contributed by atoms with Crippen LogP contribution in [-0.4, -0.2) is 20.5 Å². The molecule has 0 radical (unpaired) electrons. The van der Waals surface area contributed by atoms with Crippen LogP contribution in [0.15, 0.2) is 18.3 Å². The van der Waals surface area contributed by atoms with E-state index >= 15 is 0 Å². The Labute approximate surface area is 92.5 Å². The number of rotatable bonds is 2. The summed E-state index contributed by atoms with van der Waals surface area (Å²) in [5.41, 5.74) is 7.21. The van der Waals surface area contributed by atoms with Crippen LogP contribution in [0.5, 0.6) is 0 Å². The second-order valence-electron chi connectivity index (χ2n) is 3.96. The summed E-state index contributed by atoms with van der Waals surface area (Å²) in [7, 11) is 0. The highest BCUT2D eigenvalue weighted by molar-refractivity contribution is 5.94. The molecule has 0 fully saturated rings. The van der Waals surface area contributed by atoms with Crippen molar-refractivity contribution < 1.29 is 9.90 Å². The van der Waals surface area contributed by atoms with Crippen molar-refractivity contribution in [3.63, 3.8) is 0 Å².